The van der Waals surface area contributed by atoms with Crippen molar-refractivity contribution in [3.05, 3.63) is 18.2 Å². The average Bonchev–Trinajstić information content (AvgIpc) is 2.37. The molecule has 0 radical (unpaired) electrons. The van der Waals surface area contributed by atoms with E-state index in [1.807, 2.05) is 32.9 Å². The van der Waals surface area contributed by atoms with E-state index in [0.717, 1.165) is 17.9 Å². The largest absolute Gasteiger partial charge is 0.497 e. The predicted octanol–water partition coefficient (Wildman–Crippen LogP) is 2.60. The first-order valence-electron chi connectivity index (χ1n) is 6.96. The molecule has 0 bridgehead atoms. The van der Waals surface area contributed by atoms with Gasteiger partial charge in [0.2, 0.25) is 0 Å². The number of nitrogens with one attached hydrogen (secondary N) is 2. The first kappa shape index (κ1) is 16.9. The van der Waals surface area contributed by atoms with Gasteiger partial charge in [0.05, 0.1) is 18.5 Å². The number of anilines is 2. The van der Waals surface area contributed by atoms with E-state index >= 15 is 0 Å². The van der Waals surface area contributed by atoms with E-state index in [0.29, 0.717) is 18.8 Å². The van der Waals surface area contributed by atoms with E-state index < -0.39 is 11.7 Å². The van der Waals surface area contributed by atoms with Crippen molar-refractivity contribution in [2.24, 2.45) is 0 Å². The molecule has 0 aliphatic carbocycles. The summed E-state index contributed by atoms with van der Waals surface area (Å²) in [6.07, 6.45) is 0.372. The monoisotopic (exact) mass is 295 g/mol. The molecule has 0 fully saturated rings. The van der Waals surface area contributed by atoms with Crippen LogP contribution in [0.4, 0.5) is 16.2 Å². The maximum atomic E-state index is 11.4. The van der Waals surface area contributed by atoms with E-state index in [2.05, 4.69) is 10.6 Å². The van der Waals surface area contributed by atoms with Crippen molar-refractivity contribution in [2.45, 2.75) is 32.8 Å². The summed E-state index contributed by atoms with van der Waals surface area (Å²) in [5, 5.41) is 5.92. The molecule has 0 atom stereocenters. The molecule has 21 heavy (non-hydrogen) atoms. The lowest BCUT2D eigenvalue weighted by molar-refractivity contribution is 0.0528. The van der Waals surface area contributed by atoms with E-state index in [9.17, 15) is 4.79 Å². The standard InChI is InChI=1S/C15H25N3O3/c1-15(2,3)21-14(19)18-9-5-8-17-13-7-6-11(20-4)10-12(13)16/h6-7,10,17H,5,8-9,16H2,1-4H3,(H,18,19). The zero-order valence-corrected chi connectivity index (χ0v) is 13.2. The van der Waals surface area contributed by atoms with Crippen LogP contribution in [0.5, 0.6) is 5.75 Å². The number of hydrogen-bond acceptors (Lipinski definition) is 5. The number of ether oxygens (including phenoxy) is 2. The van der Waals surface area contributed by atoms with Crippen LogP contribution in [0, 0.1) is 0 Å². The van der Waals surface area contributed by atoms with Crippen LogP contribution in [0.3, 0.4) is 0 Å². The molecule has 1 aromatic rings. The second kappa shape index (κ2) is 7.61. The van der Waals surface area contributed by atoms with Crippen LogP contribution >= 0.6 is 0 Å². The fourth-order valence-electron chi connectivity index (χ4n) is 1.64. The number of amides is 1. The molecule has 0 spiro atoms. The van der Waals surface area contributed by atoms with Gasteiger partial charge in [-0.1, -0.05) is 0 Å². The number of nitrogen functional groups attached to an aromatic ring is 1. The lowest BCUT2D eigenvalue weighted by atomic mass is 10.2. The first-order valence-corrected chi connectivity index (χ1v) is 6.96. The van der Waals surface area contributed by atoms with Gasteiger partial charge in [0.25, 0.3) is 0 Å². The molecule has 4 N–H and O–H groups in total. The van der Waals surface area contributed by atoms with Gasteiger partial charge in [-0.2, -0.15) is 0 Å². The highest BCUT2D eigenvalue weighted by Gasteiger charge is 2.15. The number of alkyl carbamates (subject to hydrolysis) is 1. The first-order chi connectivity index (χ1) is 9.81. The molecule has 118 valence electrons. The number of carbonyl (C=O) groups is 1. The summed E-state index contributed by atoms with van der Waals surface area (Å²) in [6.45, 7) is 6.74. The lowest BCUT2D eigenvalue weighted by Crippen LogP contribution is -2.33. The molecule has 0 aliphatic rings. The van der Waals surface area contributed by atoms with Crippen molar-refractivity contribution in [2.75, 3.05) is 31.2 Å². The van der Waals surface area contributed by atoms with Crippen molar-refractivity contribution >= 4 is 17.5 Å². The second-order valence-electron chi connectivity index (χ2n) is 5.66. The molecule has 0 saturated carbocycles. The lowest BCUT2D eigenvalue weighted by Gasteiger charge is -2.19. The molecule has 0 heterocycles. The SMILES string of the molecule is COc1ccc(NCCCNC(=O)OC(C)(C)C)c(N)c1. The van der Waals surface area contributed by atoms with Crippen LogP contribution in [-0.4, -0.2) is 31.9 Å². The minimum Gasteiger partial charge on any atom is -0.497 e. The molecule has 0 aliphatic heterocycles. The van der Waals surface area contributed by atoms with Gasteiger partial charge in [-0.3, -0.25) is 0 Å². The maximum Gasteiger partial charge on any atom is 0.407 e. The zero-order valence-electron chi connectivity index (χ0n) is 13.2. The Labute approximate surface area is 126 Å². The van der Waals surface area contributed by atoms with Crippen LogP contribution in [0.15, 0.2) is 18.2 Å². The normalized spacial score (nSPS) is 10.9. The van der Waals surface area contributed by atoms with Crippen molar-refractivity contribution < 1.29 is 14.3 Å². The number of methoxy groups -OCH3 is 1. The Morgan fingerprint density at radius 3 is 2.57 bits per heavy atom. The van der Waals surface area contributed by atoms with Gasteiger partial charge in [-0.25, -0.2) is 4.79 Å². The molecule has 1 amide bonds. The highest BCUT2D eigenvalue weighted by atomic mass is 16.6. The van der Waals surface area contributed by atoms with Crippen LogP contribution in [0.1, 0.15) is 27.2 Å². The van der Waals surface area contributed by atoms with Crippen LogP contribution in [0.25, 0.3) is 0 Å². The highest BCUT2D eigenvalue weighted by molar-refractivity contribution is 5.68. The van der Waals surface area contributed by atoms with Crippen molar-refractivity contribution in [3.63, 3.8) is 0 Å². The third-order valence-corrected chi connectivity index (χ3v) is 2.60. The summed E-state index contributed by atoms with van der Waals surface area (Å²) >= 11 is 0. The summed E-state index contributed by atoms with van der Waals surface area (Å²) < 4.78 is 10.2. The summed E-state index contributed by atoms with van der Waals surface area (Å²) in [5.74, 6) is 0.727. The zero-order chi connectivity index (χ0) is 15.9. The number of hydrogen-bond donors (Lipinski definition) is 3. The smallest absolute Gasteiger partial charge is 0.407 e. The average molecular weight is 295 g/mol. The van der Waals surface area contributed by atoms with Gasteiger partial charge < -0.3 is 25.8 Å². The molecule has 0 unspecified atom stereocenters. The Kier molecular flexibility index (Phi) is 6.14. The van der Waals surface area contributed by atoms with Crippen LogP contribution in [0.2, 0.25) is 0 Å². The van der Waals surface area contributed by atoms with Gasteiger partial charge in [-0.05, 0) is 39.3 Å². The molecule has 0 saturated heterocycles. The minimum atomic E-state index is -0.472. The molecule has 0 aromatic heterocycles. The Balaban J connectivity index is 2.24. The molecular formula is C15H25N3O3. The molecule has 6 heteroatoms. The van der Waals surface area contributed by atoms with Gasteiger partial charge in [-0.15, -0.1) is 0 Å². The summed E-state index contributed by atoms with van der Waals surface area (Å²) in [5.41, 5.74) is 6.91. The van der Waals surface area contributed by atoms with E-state index in [-0.39, 0.29) is 0 Å². The molecule has 1 rings (SSSR count). The van der Waals surface area contributed by atoms with E-state index in [1.165, 1.54) is 0 Å². The third-order valence-electron chi connectivity index (χ3n) is 2.60. The quantitative estimate of drug-likeness (QED) is 0.555. The number of nitrogens with two attached hydrogens (primary N) is 1. The van der Waals surface area contributed by atoms with Crippen molar-refractivity contribution in [1.82, 2.24) is 5.32 Å². The number of rotatable bonds is 6. The fraction of sp³-hybridized carbons (Fsp3) is 0.533. The van der Waals surface area contributed by atoms with E-state index in [4.69, 9.17) is 15.2 Å². The Bertz CT molecular complexity index is 470. The molecule has 6 nitrogen and oxygen atoms in total. The number of carbonyl (C=O) groups excluding carboxylic acids is 1. The minimum absolute atomic E-state index is 0.397. The highest BCUT2D eigenvalue weighted by Crippen LogP contribution is 2.23. The van der Waals surface area contributed by atoms with Crippen LogP contribution in [-0.2, 0) is 4.74 Å². The second-order valence-corrected chi connectivity index (χ2v) is 5.66. The number of benzene rings is 1. The van der Waals surface area contributed by atoms with Crippen LogP contribution < -0.4 is 21.1 Å². The Hall–Kier alpha value is -2.11. The van der Waals surface area contributed by atoms with Gasteiger partial charge >= 0.3 is 6.09 Å². The fourth-order valence-corrected chi connectivity index (χ4v) is 1.64. The predicted molar refractivity (Wildman–Crippen MR) is 84.7 cm³/mol. The van der Waals surface area contributed by atoms with Gasteiger partial charge in [0.1, 0.15) is 11.4 Å². The van der Waals surface area contributed by atoms with Gasteiger partial charge in [0.15, 0.2) is 0 Å². The topological polar surface area (TPSA) is 85.6 Å². The summed E-state index contributed by atoms with van der Waals surface area (Å²) in [6, 6.07) is 5.48. The summed E-state index contributed by atoms with van der Waals surface area (Å²) in [4.78, 5) is 11.4. The third kappa shape index (κ3) is 6.74. The molecular weight excluding hydrogens is 270 g/mol. The molecule has 1 aromatic carbocycles. The summed E-state index contributed by atoms with van der Waals surface area (Å²) in [7, 11) is 1.60. The van der Waals surface area contributed by atoms with Crippen molar-refractivity contribution in [3.8, 4) is 5.75 Å². The van der Waals surface area contributed by atoms with Crippen molar-refractivity contribution in [1.29, 1.82) is 0 Å². The van der Waals surface area contributed by atoms with E-state index in [1.54, 1.807) is 13.2 Å². The Morgan fingerprint density at radius 2 is 2.00 bits per heavy atom. The van der Waals surface area contributed by atoms with Gasteiger partial charge in [0, 0.05) is 19.2 Å². The Morgan fingerprint density at radius 1 is 1.29 bits per heavy atom. The maximum absolute atomic E-state index is 11.4.